The number of anilines is 1. The Morgan fingerprint density at radius 2 is 2.00 bits per heavy atom. The first kappa shape index (κ1) is 20.0. The molecule has 2 N–H and O–H groups in total. The zero-order valence-electron chi connectivity index (χ0n) is 16.5. The molecule has 0 radical (unpaired) electrons. The summed E-state index contributed by atoms with van der Waals surface area (Å²) < 4.78 is 38.8. The summed E-state index contributed by atoms with van der Waals surface area (Å²) in [6, 6.07) is 6.55. The number of nitrogens with one attached hydrogen (secondary N) is 2. The van der Waals surface area contributed by atoms with E-state index in [-0.39, 0.29) is 22.6 Å². The minimum atomic E-state index is -3.90. The average molecular weight is 431 g/mol. The van der Waals surface area contributed by atoms with Gasteiger partial charge in [0.2, 0.25) is 0 Å². The number of methoxy groups -OCH3 is 1. The summed E-state index contributed by atoms with van der Waals surface area (Å²) in [5.74, 6) is 0.00132. The van der Waals surface area contributed by atoms with Gasteiger partial charge in [-0.05, 0) is 43.5 Å². The predicted octanol–water partition coefficient (Wildman–Crippen LogP) is 2.42. The number of likely N-dealkylation sites (tertiary alicyclic amines) is 1. The van der Waals surface area contributed by atoms with Gasteiger partial charge in [-0.25, -0.2) is 8.42 Å². The number of carbonyl (C=O) groups is 1. The first-order valence-electron chi connectivity index (χ1n) is 9.36. The van der Waals surface area contributed by atoms with Gasteiger partial charge in [0, 0.05) is 19.3 Å². The van der Waals surface area contributed by atoms with Crippen LogP contribution in [0, 0.1) is 6.92 Å². The van der Waals surface area contributed by atoms with Gasteiger partial charge in [0.1, 0.15) is 16.3 Å². The van der Waals surface area contributed by atoms with Crippen molar-refractivity contribution in [3.8, 4) is 17.3 Å². The molecule has 10 nitrogen and oxygen atoms in total. The molecule has 11 heteroatoms. The minimum Gasteiger partial charge on any atom is -0.495 e. The zero-order valence-corrected chi connectivity index (χ0v) is 17.3. The highest BCUT2D eigenvalue weighted by atomic mass is 32.2. The van der Waals surface area contributed by atoms with E-state index in [4.69, 9.17) is 9.15 Å². The lowest BCUT2D eigenvalue weighted by atomic mass is 10.2. The van der Waals surface area contributed by atoms with Crippen molar-refractivity contribution in [3.05, 3.63) is 41.9 Å². The van der Waals surface area contributed by atoms with Gasteiger partial charge >= 0.3 is 11.8 Å². The fourth-order valence-corrected chi connectivity index (χ4v) is 4.29. The molecular formula is C19H21N5O5S. The lowest BCUT2D eigenvalue weighted by Crippen LogP contribution is -2.27. The summed E-state index contributed by atoms with van der Waals surface area (Å²) in [4.78, 5) is 16.8. The SMILES string of the molecule is COc1ccc(C)cc1NS(=O)(=O)c1c[nH]c(-c2nnc(C(=O)N3CCCC3)o2)c1. The third-order valence-corrected chi connectivity index (χ3v) is 6.14. The highest BCUT2D eigenvalue weighted by Crippen LogP contribution is 2.29. The van der Waals surface area contributed by atoms with E-state index in [9.17, 15) is 13.2 Å². The largest absolute Gasteiger partial charge is 0.495 e. The third kappa shape index (κ3) is 3.88. The van der Waals surface area contributed by atoms with E-state index in [0.717, 1.165) is 18.4 Å². The molecule has 0 spiro atoms. The number of aromatic amines is 1. The number of ether oxygens (including phenoxy) is 1. The number of aromatic nitrogens is 3. The Bertz CT molecular complexity index is 1180. The summed E-state index contributed by atoms with van der Waals surface area (Å²) in [5.41, 5.74) is 1.50. The predicted molar refractivity (Wildman–Crippen MR) is 108 cm³/mol. The molecule has 4 rings (SSSR count). The van der Waals surface area contributed by atoms with Crippen LogP contribution in [0.1, 0.15) is 29.1 Å². The molecule has 30 heavy (non-hydrogen) atoms. The first-order valence-corrected chi connectivity index (χ1v) is 10.8. The normalized spacial score (nSPS) is 14.1. The molecule has 1 aliphatic heterocycles. The molecule has 2 aromatic heterocycles. The number of amides is 1. The first-order chi connectivity index (χ1) is 14.4. The Kier molecular flexibility index (Phi) is 5.20. The van der Waals surface area contributed by atoms with Crippen LogP contribution < -0.4 is 9.46 Å². The molecule has 0 aliphatic carbocycles. The highest BCUT2D eigenvalue weighted by molar-refractivity contribution is 7.92. The van der Waals surface area contributed by atoms with Crippen molar-refractivity contribution in [1.29, 1.82) is 0 Å². The Hall–Kier alpha value is -3.34. The molecule has 1 aliphatic rings. The molecule has 0 unspecified atom stereocenters. The number of benzene rings is 1. The molecule has 1 saturated heterocycles. The highest BCUT2D eigenvalue weighted by Gasteiger charge is 2.26. The van der Waals surface area contributed by atoms with Gasteiger partial charge in [-0.3, -0.25) is 9.52 Å². The number of carbonyl (C=O) groups excluding carboxylic acids is 1. The topological polar surface area (TPSA) is 130 Å². The number of hydrogen-bond acceptors (Lipinski definition) is 7. The van der Waals surface area contributed by atoms with E-state index >= 15 is 0 Å². The second-order valence-electron chi connectivity index (χ2n) is 6.97. The van der Waals surface area contributed by atoms with Crippen LogP contribution in [0.4, 0.5) is 5.69 Å². The van der Waals surface area contributed by atoms with Crippen LogP contribution in [-0.2, 0) is 10.0 Å². The van der Waals surface area contributed by atoms with Gasteiger partial charge in [0.05, 0.1) is 12.8 Å². The van der Waals surface area contributed by atoms with Crippen molar-refractivity contribution in [2.24, 2.45) is 0 Å². The number of sulfonamides is 1. The Morgan fingerprint density at radius 3 is 2.73 bits per heavy atom. The van der Waals surface area contributed by atoms with E-state index in [2.05, 4.69) is 19.9 Å². The maximum absolute atomic E-state index is 12.8. The van der Waals surface area contributed by atoms with Crippen LogP contribution in [0.3, 0.4) is 0 Å². The van der Waals surface area contributed by atoms with Crippen LogP contribution in [0.25, 0.3) is 11.6 Å². The van der Waals surface area contributed by atoms with Crippen molar-refractivity contribution in [2.75, 3.05) is 24.9 Å². The number of rotatable bonds is 6. The van der Waals surface area contributed by atoms with Gasteiger partial charge in [-0.1, -0.05) is 6.07 Å². The molecule has 0 saturated carbocycles. The Morgan fingerprint density at radius 1 is 1.23 bits per heavy atom. The molecule has 1 fully saturated rings. The van der Waals surface area contributed by atoms with Crippen molar-refractivity contribution < 1.29 is 22.4 Å². The van der Waals surface area contributed by atoms with E-state index in [0.29, 0.717) is 30.2 Å². The average Bonchev–Trinajstić information content (AvgIpc) is 3.48. The maximum atomic E-state index is 12.8. The van der Waals surface area contributed by atoms with E-state index in [1.54, 1.807) is 17.0 Å². The van der Waals surface area contributed by atoms with E-state index in [1.165, 1.54) is 19.4 Å². The molecule has 1 aromatic carbocycles. The molecule has 0 bridgehead atoms. The molecular weight excluding hydrogens is 410 g/mol. The van der Waals surface area contributed by atoms with Crippen LogP contribution in [-0.4, -0.2) is 54.6 Å². The van der Waals surface area contributed by atoms with Crippen molar-refractivity contribution in [3.63, 3.8) is 0 Å². The van der Waals surface area contributed by atoms with E-state index < -0.39 is 10.0 Å². The molecule has 3 heterocycles. The fourth-order valence-electron chi connectivity index (χ4n) is 3.23. The minimum absolute atomic E-state index is 0.0216. The second kappa shape index (κ2) is 7.82. The number of nitrogens with zero attached hydrogens (tertiary/aromatic N) is 3. The van der Waals surface area contributed by atoms with Gasteiger partial charge in [0.15, 0.2) is 0 Å². The fraction of sp³-hybridized carbons (Fsp3) is 0.316. The van der Waals surface area contributed by atoms with Crippen LogP contribution in [0.5, 0.6) is 5.75 Å². The van der Waals surface area contributed by atoms with Crippen molar-refractivity contribution in [2.45, 2.75) is 24.7 Å². The molecule has 0 atom stereocenters. The summed E-state index contributed by atoms with van der Waals surface area (Å²) in [5, 5.41) is 7.67. The lowest BCUT2D eigenvalue weighted by molar-refractivity contribution is 0.0754. The van der Waals surface area contributed by atoms with Gasteiger partial charge in [-0.2, -0.15) is 0 Å². The number of aryl methyl sites for hydroxylation is 1. The maximum Gasteiger partial charge on any atom is 0.311 e. The lowest BCUT2D eigenvalue weighted by Gasteiger charge is -2.11. The summed E-state index contributed by atoms with van der Waals surface area (Å²) in [6.07, 6.45) is 3.21. The van der Waals surface area contributed by atoms with Crippen LogP contribution in [0.15, 0.2) is 39.8 Å². The summed E-state index contributed by atoms with van der Waals surface area (Å²) in [6.45, 7) is 3.17. The Balaban J connectivity index is 1.55. The smallest absolute Gasteiger partial charge is 0.311 e. The summed E-state index contributed by atoms with van der Waals surface area (Å²) >= 11 is 0. The quantitative estimate of drug-likeness (QED) is 0.613. The third-order valence-electron chi connectivity index (χ3n) is 4.80. The van der Waals surface area contributed by atoms with Crippen molar-refractivity contribution in [1.82, 2.24) is 20.1 Å². The molecule has 3 aromatic rings. The van der Waals surface area contributed by atoms with E-state index in [1.807, 2.05) is 13.0 Å². The molecule has 1 amide bonds. The van der Waals surface area contributed by atoms with Crippen LogP contribution in [0.2, 0.25) is 0 Å². The Labute approximate surface area is 173 Å². The standard InChI is InChI=1S/C19H21N5O5S/c1-12-5-6-16(28-2)14(9-12)23-30(26,27)13-10-15(20-11-13)17-21-22-18(29-17)19(25)24-7-3-4-8-24/h5-6,9-11,20,23H,3-4,7-8H2,1-2H3. The van der Waals surface area contributed by atoms with Gasteiger partial charge in [0.25, 0.3) is 15.9 Å². The number of H-pyrrole nitrogens is 1. The number of hydrogen-bond donors (Lipinski definition) is 2. The monoisotopic (exact) mass is 431 g/mol. The van der Waals surface area contributed by atoms with Gasteiger partial charge < -0.3 is 19.0 Å². The zero-order chi connectivity index (χ0) is 21.3. The summed E-state index contributed by atoms with van der Waals surface area (Å²) in [7, 11) is -2.43. The van der Waals surface area contributed by atoms with Crippen molar-refractivity contribution >= 4 is 21.6 Å². The van der Waals surface area contributed by atoms with Crippen LogP contribution >= 0.6 is 0 Å². The molecule has 158 valence electrons. The van der Waals surface area contributed by atoms with Gasteiger partial charge in [-0.15, -0.1) is 10.2 Å². The second-order valence-corrected chi connectivity index (χ2v) is 8.65.